The number of allylic oxidation sites excluding steroid dienone is 2. The molecule has 58 valence electrons. The van der Waals surface area contributed by atoms with Gasteiger partial charge >= 0.3 is 0 Å². The fraction of sp³-hybridized carbons (Fsp3) is 0. The number of benzene rings is 1. The van der Waals surface area contributed by atoms with Crippen LogP contribution in [-0.4, -0.2) is 5.78 Å². The maximum atomic E-state index is 11.2. The number of ketones is 1. The van der Waals surface area contributed by atoms with Crippen molar-refractivity contribution in [3.8, 4) is 6.07 Å². The largest absolute Gasteiger partial charge is 0.289 e. The lowest BCUT2D eigenvalue weighted by Crippen LogP contribution is -1.92. The highest BCUT2D eigenvalue weighted by molar-refractivity contribution is 6.04. The molecule has 1 rings (SSSR count). The summed E-state index contributed by atoms with van der Waals surface area (Å²) in [5, 5.41) is 8.17. The van der Waals surface area contributed by atoms with E-state index < -0.39 is 0 Å². The van der Waals surface area contributed by atoms with Gasteiger partial charge in [0.15, 0.2) is 5.78 Å². The molecular weight excluding hydrogens is 150 g/mol. The third-order valence-electron chi connectivity index (χ3n) is 1.37. The van der Waals surface area contributed by atoms with Crippen molar-refractivity contribution in [3.63, 3.8) is 0 Å². The van der Waals surface area contributed by atoms with Crippen LogP contribution >= 0.6 is 0 Å². The first kappa shape index (κ1) is 8.22. The van der Waals surface area contributed by atoms with Crippen LogP contribution in [0.15, 0.2) is 42.5 Å². The molecule has 0 radical (unpaired) electrons. The van der Waals surface area contributed by atoms with Crippen LogP contribution in [0.5, 0.6) is 0 Å². The molecule has 1 aromatic rings. The predicted molar refractivity (Wildman–Crippen MR) is 45.5 cm³/mol. The molecule has 0 bridgehead atoms. The number of carbonyl (C=O) groups is 1. The number of hydrogen-bond acceptors (Lipinski definition) is 2. The van der Waals surface area contributed by atoms with Crippen LogP contribution in [0.3, 0.4) is 0 Å². The summed E-state index contributed by atoms with van der Waals surface area (Å²) < 4.78 is 0. The number of rotatable bonds is 2. The summed E-state index contributed by atoms with van der Waals surface area (Å²) >= 11 is 0. The second-order valence-corrected chi connectivity index (χ2v) is 2.19. The van der Waals surface area contributed by atoms with Gasteiger partial charge in [-0.3, -0.25) is 4.79 Å². The van der Waals surface area contributed by atoms with Gasteiger partial charge in [0.05, 0.1) is 6.07 Å². The predicted octanol–water partition coefficient (Wildman–Crippen LogP) is 1.95. The Hall–Kier alpha value is -1.88. The van der Waals surface area contributed by atoms with E-state index in [0.29, 0.717) is 5.56 Å². The van der Waals surface area contributed by atoms with Crippen molar-refractivity contribution in [1.82, 2.24) is 0 Å². The zero-order valence-electron chi connectivity index (χ0n) is 6.40. The lowest BCUT2D eigenvalue weighted by Gasteiger charge is -1.91. The van der Waals surface area contributed by atoms with E-state index in [-0.39, 0.29) is 5.78 Å². The van der Waals surface area contributed by atoms with Crippen LogP contribution in [0.25, 0.3) is 0 Å². The summed E-state index contributed by atoms with van der Waals surface area (Å²) in [4.78, 5) is 11.2. The highest BCUT2D eigenvalue weighted by atomic mass is 16.1. The Morgan fingerprint density at radius 2 is 2.00 bits per heavy atom. The lowest BCUT2D eigenvalue weighted by molar-refractivity contribution is 0.104. The molecular formula is C10H7NO. The molecule has 2 nitrogen and oxygen atoms in total. The summed E-state index contributed by atoms with van der Waals surface area (Å²) in [6.45, 7) is 0. The number of nitrogens with zero attached hydrogens (tertiary/aromatic N) is 1. The topological polar surface area (TPSA) is 40.9 Å². The van der Waals surface area contributed by atoms with E-state index in [4.69, 9.17) is 5.26 Å². The average molecular weight is 157 g/mol. The van der Waals surface area contributed by atoms with E-state index in [0.717, 1.165) is 0 Å². The molecule has 0 spiro atoms. The van der Waals surface area contributed by atoms with E-state index in [1.165, 1.54) is 12.2 Å². The molecule has 0 N–H and O–H groups in total. The first-order valence-electron chi connectivity index (χ1n) is 3.50. The third kappa shape index (κ3) is 2.06. The van der Waals surface area contributed by atoms with Gasteiger partial charge in [0.25, 0.3) is 0 Å². The Labute approximate surface area is 70.8 Å². The van der Waals surface area contributed by atoms with Crippen LogP contribution in [0, 0.1) is 11.3 Å². The van der Waals surface area contributed by atoms with E-state index in [1.54, 1.807) is 30.3 Å². The summed E-state index contributed by atoms with van der Waals surface area (Å²) in [5.41, 5.74) is 0.601. The fourth-order valence-electron chi connectivity index (χ4n) is 0.812. The van der Waals surface area contributed by atoms with Gasteiger partial charge in [-0.05, 0) is 6.08 Å². The normalized spacial score (nSPS) is 9.58. The first-order valence-corrected chi connectivity index (χ1v) is 3.50. The van der Waals surface area contributed by atoms with Crippen molar-refractivity contribution >= 4 is 5.78 Å². The molecule has 2 heteroatoms. The lowest BCUT2D eigenvalue weighted by atomic mass is 10.1. The van der Waals surface area contributed by atoms with Gasteiger partial charge in [-0.2, -0.15) is 5.26 Å². The molecule has 0 saturated carbocycles. The van der Waals surface area contributed by atoms with Crippen molar-refractivity contribution in [3.05, 3.63) is 48.0 Å². The van der Waals surface area contributed by atoms with Gasteiger partial charge in [-0.15, -0.1) is 0 Å². The minimum atomic E-state index is -0.142. The molecule has 0 aliphatic rings. The quantitative estimate of drug-likeness (QED) is 0.374. The molecule has 0 atom stereocenters. The summed E-state index contributed by atoms with van der Waals surface area (Å²) in [6, 6.07) is 10.6. The van der Waals surface area contributed by atoms with Gasteiger partial charge in [0, 0.05) is 11.6 Å². The zero-order chi connectivity index (χ0) is 8.81. The minimum absolute atomic E-state index is 0.142. The van der Waals surface area contributed by atoms with Crippen molar-refractivity contribution in [2.45, 2.75) is 0 Å². The molecule has 0 aliphatic carbocycles. The van der Waals surface area contributed by atoms with Crippen LogP contribution in [0.2, 0.25) is 0 Å². The number of nitriles is 1. The maximum Gasteiger partial charge on any atom is 0.186 e. The second kappa shape index (κ2) is 4.09. The van der Waals surface area contributed by atoms with Gasteiger partial charge in [0.2, 0.25) is 0 Å². The Morgan fingerprint density at radius 1 is 1.33 bits per heavy atom. The van der Waals surface area contributed by atoms with Gasteiger partial charge in [-0.25, -0.2) is 0 Å². The summed E-state index contributed by atoms with van der Waals surface area (Å²) in [5.74, 6) is -0.142. The monoisotopic (exact) mass is 157 g/mol. The molecule has 0 aliphatic heterocycles. The molecule has 0 fully saturated rings. The highest BCUT2D eigenvalue weighted by Crippen LogP contribution is 1.99. The minimum Gasteiger partial charge on any atom is -0.289 e. The average Bonchev–Trinajstić information content (AvgIpc) is 2.15. The summed E-state index contributed by atoms with van der Waals surface area (Å²) in [6.07, 6.45) is 2.44. The molecule has 0 amide bonds. The fourth-order valence-corrected chi connectivity index (χ4v) is 0.812. The highest BCUT2D eigenvalue weighted by Gasteiger charge is 1.97. The standard InChI is InChI=1S/C10H7NO/c11-8-4-7-10(12)9-5-2-1-3-6-9/h1-7H/b7-4+. The van der Waals surface area contributed by atoms with Crippen LogP contribution < -0.4 is 0 Å². The van der Waals surface area contributed by atoms with E-state index in [2.05, 4.69) is 0 Å². The van der Waals surface area contributed by atoms with Crippen molar-refractivity contribution in [2.75, 3.05) is 0 Å². The van der Waals surface area contributed by atoms with Gasteiger partial charge < -0.3 is 0 Å². The van der Waals surface area contributed by atoms with Crippen molar-refractivity contribution in [1.29, 1.82) is 5.26 Å². The Balaban J connectivity index is 2.81. The van der Waals surface area contributed by atoms with Gasteiger partial charge in [-0.1, -0.05) is 30.3 Å². The van der Waals surface area contributed by atoms with Crippen LogP contribution in [0.4, 0.5) is 0 Å². The molecule has 12 heavy (non-hydrogen) atoms. The summed E-state index contributed by atoms with van der Waals surface area (Å²) in [7, 11) is 0. The van der Waals surface area contributed by atoms with Crippen molar-refractivity contribution in [2.24, 2.45) is 0 Å². The Kier molecular flexibility index (Phi) is 2.80. The number of hydrogen-bond donors (Lipinski definition) is 0. The van der Waals surface area contributed by atoms with Crippen LogP contribution in [0.1, 0.15) is 10.4 Å². The molecule has 0 unspecified atom stereocenters. The van der Waals surface area contributed by atoms with E-state index in [9.17, 15) is 4.79 Å². The van der Waals surface area contributed by atoms with Gasteiger partial charge in [0.1, 0.15) is 0 Å². The third-order valence-corrected chi connectivity index (χ3v) is 1.37. The molecule has 0 heterocycles. The SMILES string of the molecule is N#C/C=C/C(=O)c1ccccc1. The molecule has 1 aromatic carbocycles. The number of carbonyl (C=O) groups excluding carboxylic acids is 1. The van der Waals surface area contributed by atoms with E-state index in [1.807, 2.05) is 6.07 Å². The first-order chi connectivity index (χ1) is 5.84. The zero-order valence-corrected chi connectivity index (χ0v) is 6.40. The molecule has 0 saturated heterocycles. The van der Waals surface area contributed by atoms with E-state index >= 15 is 0 Å². The van der Waals surface area contributed by atoms with Crippen LogP contribution in [-0.2, 0) is 0 Å². The maximum absolute atomic E-state index is 11.2. The smallest absolute Gasteiger partial charge is 0.186 e. The second-order valence-electron chi connectivity index (χ2n) is 2.19. The Bertz CT molecular complexity index is 333. The van der Waals surface area contributed by atoms with Crippen molar-refractivity contribution < 1.29 is 4.79 Å². The molecule has 0 aromatic heterocycles. The Morgan fingerprint density at radius 3 is 2.58 bits per heavy atom.